The highest BCUT2D eigenvalue weighted by Gasteiger charge is 2.20. The van der Waals surface area contributed by atoms with Gasteiger partial charge in [0.05, 0.1) is 12.8 Å². The smallest absolute Gasteiger partial charge is 0.161 e. The Kier molecular flexibility index (Phi) is 3.88. The molecule has 0 radical (unpaired) electrons. The molecular formula is C15H17N3O2S. The second kappa shape index (κ2) is 5.81. The number of nitrogens with zero attached hydrogens (tertiary/aromatic N) is 2. The number of hydrogen-bond donors (Lipinski definition) is 2. The molecule has 3 rings (SSSR count). The van der Waals surface area contributed by atoms with E-state index in [-0.39, 0.29) is 5.75 Å². The second-order valence-corrected chi connectivity index (χ2v) is 5.72. The van der Waals surface area contributed by atoms with Gasteiger partial charge in [-0.1, -0.05) is 0 Å². The highest BCUT2D eigenvalue weighted by atomic mass is 32.2. The van der Waals surface area contributed by atoms with Crippen LogP contribution in [0.4, 0.5) is 5.82 Å². The molecule has 0 saturated carbocycles. The van der Waals surface area contributed by atoms with Crippen molar-refractivity contribution in [2.75, 3.05) is 19.0 Å². The summed E-state index contributed by atoms with van der Waals surface area (Å²) in [7, 11) is 1.53. The van der Waals surface area contributed by atoms with Crippen molar-refractivity contribution in [3.8, 4) is 22.9 Å². The topological polar surface area (TPSA) is 67.3 Å². The molecule has 1 aliphatic heterocycles. The maximum atomic E-state index is 9.92. The van der Waals surface area contributed by atoms with Gasteiger partial charge in [-0.2, -0.15) is 11.8 Å². The molecule has 2 heterocycles. The van der Waals surface area contributed by atoms with Crippen molar-refractivity contribution < 1.29 is 9.84 Å². The van der Waals surface area contributed by atoms with Gasteiger partial charge >= 0.3 is 0 Å². The van der Waals surface area contributed by atoms with Gasteiger partial charge in [-0.15, -0.1) is 0 Å². The van der Waals surface area contributed by atoms with E-state index in [2.05, 4.69) is 22.2 Å². The third-order valence-corrected chi connectivity index (χ3v) is 4.33. The monoisotopic (exact) mass is 303 g/mol. The fourth-order valence-electron chi connectivity index (χ4n) is 2.32. The number of phenolic OH excluding ortho intramolecular Hbond substituents is 1. The zero-order valence-corrected chi connectivity index (χ0v) is 12.8. The molecule has 21 heavy (non-hydrogen) atoms. The second-order valence-electron chi connectivity index (χ2n) is 4.73. The molecule has 0 bridgehead atoms. The average Bonchev–Trinajstić information content (AvgIpc) is 2.96. The molecule has 1 aliphatic rings. The molecule has 110 valence electrons. The van der Waals surface area contributed by atoms with E-state index in [0.29, 0.717) is 11.6 Å². The lowest BCUT2D eigenvalue weighted by Gasteiger charge is -2.11. The van der Waals surface area contributed by atoms with Crippen LogP contribution in [0.2, 0.25) is 0 Å². The third kappa shape index (κ3) is 2.63. The average molecular weight is 303 g/mol. The first-order valence-corrected chi connectivity index (χ1v) is 7.97. The number of benzene rings is 1. The normalized spacial score (nSPS) is 13.0. The van der Waals surface area contributed by atoms with Crippen LogP contribution < -0.4 is 10.1 Å². The van der Waals surface area contributed by atoms with Gasteiger partial charge in [-0.05, 0) is 25.1 Å². The number of aromatic nitrogens is 2. The van der Waals surface area contributed by atoms with Crippen molar-refractivity contribution in [1.29, 1.82) is 0 Å². The molecule has 0 spiro atoms. The van der Waals surface area contributed by atoms with Crippen molar-refractivity contribution in [3.63, 3.8) is 0 Å². The number of ether oxygens (including phenoxy) is 1. The minimum absolute atomic E-state index is 0.0958. The van der Waals surface area contributed by atoms with Crippen LogP contribution in [0.3, 0.4) is 0 Å². The van der Waals surface area contributed by atoms with Crippen molar-refractivity contribution in [1.82, 2.24) is 9.97 Å². The molecule has 2 aromatic rings. The lowest BCUT2D eigenvalue weighted by Crippen LogP contribution is -2.06. The van der Waals surface area contributed by atoms with Gasteiger partial charge in [0.25, 0.3) is 0 Å². The molecule has 0 amide bonds. The van der Waals surface area contributed by atoms with E-state index in [4.69, 9.17) is 4.74 Å². The van der Waals surface area contributed by atoms with Crippen molar-refractivity contribution >= 4 is 17.6 Å². The summed E-state index contributed by atoms with van der Waals surface area (Å²) >= 11 is 1.84. The Hall–Kier alpha value is -1.95. The maximum Gasteiger partial charge on any atom is 0.161 e. The van der Waals surface area contributed by atoms with Crippen molar-refractivity contribution in [2.24, 2.45) is 0 Å². The van der Waals surface area contributed by atoms with E-state index in [0.717, 1.165) is 35.1 Å². The molecule has 2 N–H and O–H groups in total. The molecule has 6 heteroatoms. The van der Waals surface area contributed by atoms with Gasteiger partial charge in [0.2, 0.25) is 0 Å². The number of hydrogen-bond acceptors (Lipinski definition) is 6. The van der Waals surface area contributed by atoms with Crippen LogP contribution in [0.15, 0.2) is 18.2 Å². The van der Waals surface area contributed by atoms with Crippen LogP contribution in [0.1, 0.15) is 18.2 Å². The lowest BCUT2D eigenvalue weighted by atomic mass is 10.1. The lowest BCUT2D eigenvalue weighted by molar-refractivity contribution is 0.373. The number of nitrogens with one attached hydrogen (secondary N) is 1. The van der Waals surface area contributed by atoms with Crippen LogP contribution in [0.25, 0.3) is 11.4 Å². The van der Waals surface area contributed by atoms with E-state index in [1.807, 2.05) is 17.8 Å². The van der Waals surface area contributed by atoms with Gasteiger partial charge in [0, 0.05) is 29.2 Å². The number of fused-ring (bicyclic) bond motifs is 1. The van der Waals surface area contributed by atoms with Crippen LogP contribution >= 0.6 is 11.8 Å². The molecule has 0 atom stereocenters. The number of phenols is 1. The van der Waals surface area contributed by atoms with E-state index < -0.39 is 0 Å². The van der Waals surface area contributed by atoms with Gasteiger partial charge in [0.15, 0.2) is 17.3 Å². The van der Waals surface area contributed by atoms with E-state index in [9.17, 15) is 5.11 Å². The molecule has 1 aromatic carbocycles. The van der Waals surface area contributed by atoms with E-state index in [1.165, 1.54) is 12.7 Å². The minimum atomic E-state index is 0.0958. The quantitative estimate of drug-likeness (QED) is 0.905. The molecule has 0 unspecified atom stereocenters. The fourth-order valence-corrected chi connectivity index (χ4v) is 3.36. The summed E-state index contributed by atoms with van der Waals surface area (Å²) in [6.07, 6.45) is 0. The van der Waals surface area contributed by atoms with Gasteiger partial charge in [-0.25, -0.2) is 9.97 Å². The summed E-state index contributed by atoms with van der Waals surface area (Å²) < 4.78 is 5.07. The summed E-state index contributed by atoms with van der Waals surface area (Å²) in [4.78, 5) is 9.25. The number of methoxy groups -OCH3 is 1. The Labute approximate surface area is 127 Å². The fraction of sp³-hybridized carbons (Fsp3) is 0.333. The van der Waals surface area contributed by atoms with Crippen LogP contribution in [0, 0.1) is 0 Å². The Morgan fingerprint density at radius 2 is 2.19 bits per heavy atom. The summed E-state index contributed by atoms with van der Waals surface area (Å²) in [5.41, 5.74) is 3.06. The van der Waals surface area contributed by atoms with Gasteiger partial charge in [-0.3, -0.25) is 0 Å². The molecule has 0 saturated heterocycles. The molecule has 0 fully saturated rings. The number of aromatic hydroxyl groups is 1. The summed E-state index contributed by atoms with van der Waals surface area (Å²) in [6, 6.07) is 5.22. The Balaban J connectivity index is 2.06. The summed E-state index contributed by atoms with van der Waals surface area (Å²) in [5, 5.41) is 13.2. The molecule has 5 nitrogen and oxygen atoms in total. The minimum Gasteiger partial charge on any atom is -0.504 e. The summed E-state index contributed by atoms with van der Waals surface area (Å²) in [5.74, 6) is 3.93. The Morgan fingerprint density at radius 1 is 1.33 bits per heavy atom. The SMILES string of the molecule is CCNc1nc(-c2ccc(OC)c(O)c2)nc2c1CSC2. The number of thioether (sulfide) groups is 1. The highest BCUT2D eigenvalue weighted by Crippen LogP contribution is 2.36. The summed E-state index contributed by atoms with van der Waals surface area (Å²) in [6.45, 7) is 2.87. The van der Waals surface area contributed by atoms with Gasteiger partial charge in [0.1, 0.15) is 5.82 Å². The molecular weight excluding hydrogens is 286 g/mol. The zero-order chi connectivity index (χ0) is 14.8. The first kappa shape index (κ1) is 14.0. The standard InChI is InChI=1S/C15H17N3O2S/c1-3-16-15-10-7-21-8-11(10)17-14(18-15)9-4-5-13(20-2)12(19)6-9/h4-6,19H,3,7-8H2,1-2H3,(H,16,17,18). The Morgan fingerprint density at radius 3 is 2.90 bits per heavy atom. The van der Waals surface area contributed by atoms with Gasteiger partial charge < -0.3 is 15.2 Å². The van der Waals surface area contributed by atoms with E-state index >= 15 is 0 Å². The molecule has 0 aliphatic carbocycles. The maximum absolute atomic E-state index is 9.92. The predicted octanol–water partition coefficient (Wildman–Crippen LogP) is 3.04. The first-order chi connectivity index (χ1) is 10.2. The van der Waals surface area contributed by atoms with Crippen LogP contribution in [0.5, 0.6) is 11.5 Å². The largest absolute Gasteiger partial charge is 0.504 e. The van der Waals surface area contributed by atoms with Crippen LogP contribution in [-0.4, -0.2) is 28.7 Å². The van der Waals surface area contributed by atoms with Crippen LogP contribution in [-0.2, 0) is 11.5 Å². The van der Waals surface area contributed by atoms with E-state index in [1.54, 1.807) is 12.1 Å². The first-order valence-electron chi connectivity index (χ1n) is 6.81. The predicted molar refractivity (Wildman–Crippen MR) is 84.8 cm³/mol. The van der Waals surface area contributed by atoms with Crippen molar-refractivity contribution in [2.45, 2.75) is 18.4 Å². The molecule has 1 aromatic heterocycles. The Bertz CT molecular complexity index is 676. The highest BCUT2D eigenvalue weighted by molar-refractivity contribution is 7.98. The number of rotatable bonds is 4. The van der Waals surface area contributed by atoms with Crippen molar-refractivity contribution in [3.05, 3.63) is 29.5 Å². The number of anilines is 1. The third-order valence-electron chi connectivity index (χ3n) is 3.36. The zero-order valence-electron chi connectivity index (χ0n) is 12.0.